The van der Waals surface area contributed by atoms with E-state index in [0.29, 0.717) is 32.1 Å². The summed E-state index contributed by atoms with van der Waals surface area (Å²) in [4.78, 5) is 11.6. The lowest BCUT2D eigenvalue weighted by molar-refractivity contribution is -0.116. The smallest absolute Gasteiger partial charge is 0.243 e. The molecule has 1 rings (SSSR count). The average molecular weight is 292 g/mol. The second-order valence-corrected chi connectivity index (χ2v) is 4.60. The van der Waals surface area contributed by atoms with E-state index in [9.17, 15) is 4.79 Å². The molecule has 3 N–H and O–H groups in total. The zero-order chi connectivity index (χ0) is 15.3. The maximum absolute atomic E-state index is 11.6. The standard InChI is InChI=1S/C16H24N2O3/c1-20-12-13-21-11-3-2-10-18-16(19)9-6-14-4-7-15(17)8-5-14/h4-9H,2-3,10-13,17H2,1H3,(H,18,19)/b9-6+. The number of rotatable bonds is 10. The van der Waals surface area contributed by atoms with Gasteiger partial charge in [0.1, 0.15) is 0 Å². The first-order valence-electron chi connectivity index (χ1n) is 7.10. The van der Waals surface area contributed by atoms with Gasteiger partial charge in [-0.3, -0.25) is 4.79 Å². The van der Waals surface area contributed by atoms with E-state index < -0.39 is 0 Å². The molecule has 1 aromatic rings. The molecular weight excluding hydrogens is 268 g/mol. The van der Waals surface area contributed by atoms with Gasteiger partial charge in [-0.1, -0.05) is 12.1 Å². The summed E-state index contributed by atoms with van der Waals surface area (Å²) in [5, 5.41) is 2.84. The van der Waals surface area contributed by atoms with Crippen molar-refractivity contribution in [1.29, 1.82) is 0 Å². The van der Waals surface area contributed by atoms with Gasteiger partial charge >= 0.3 is 0 Å². The lowest BCUT2D eigenvalue weighted by Crippen LogP contribution is -2.22. The van der Waals surface area contributed by atoms with Crippen LogP contribution in [0.2, 0.25) is 0 Å². The molecule has 0 aliphatic heterocycles. The van der Waals surface area contributed by atoms with Crippen molar-refractivity contribution in [3.8, 4) is 0 Å². The third-order valence-corrected chi connectivity index (χ3v) is 2.81. The number of nitrogen functional groups attached to an aromatic ring is 1. The molecule has 116 valence electrons. The summed E-state index contributed by atoms with van der Waals surface area (Å²) in [7, 11) is 1.65. The van der Waals surface area contributed by atoms with Gasteiger partial charge in [-0.05, 0) is 36.6 Å². The number of hydrogen-bond acceptors (Lipinski definition) is 4. The van der Waals surface area contributed by atoms with Crippen LogP contribution < -0.4 is 11.1 Å². The fourth-order valence-electron chi connectivity index (χ4n) is 1.62. The van der Waals surface area contributed by atoms with E-state index in [4.69, 9.17) is 15.2 Å². The summed E-state index contributed by atoms with van der Waals surface area (Å²) >= 11 is 0. The molecular formula is C16H24N2O3. The van der Waals surface area contributed by atoms with Crippen LogP contribution in [0.4, 0.5) is 5.69 Å². The van der Waals surface area contributed by atoms with Gasteiger partial charge in [0.05, 0.1) is 13.2 Å². The second-order valence-electron chi connectivity index (χ2n) is 4.60. The van der Waals surface area contributed by atoms with Gasteiger partial charge < -0.3 is 20.5 Å². The highest BCUT2D eigenvalue weighted by Crippen LogP contribution is 2.06. The van der Waals surface area contributed by atoms with Crippen molar-refractivity contribution in [3.63, 3.8) is 0 Å². The van der Waals surface area contributed by atoms with E-state index in [1.54, 1.807) is 25.3 Å². The maximum Gasteiger partial charge on any atom is 0.243 e. The zero-order valence-corrected chi connectivity index (χ0v) is 12.5. The van der Waals surface area contributed by atoms with Crippen LogP contribution in [0.5, 0.6) is 0 Å². The van der Waals surface area contributed by atoms with Gasteiger partial charge in [0.15, 0.2) is 0 Å². The molecule has 1 aromatic carbocycles. The van der Waals surface area contributed by atoms with E-state index in [-0.39, 0.29) is 5.91 Å². The van der Waals surface area contributed by atoms with E-state index in [2.05, 4.69) is 5.32 Å². The Bertz CT molecular complexity index is 430. The first-order chi connectivity index (χ1) is 10.2. The molecule has 0 spiro atoms. The zero-order valence-electron chi connectivity index (χ0n) is 12.5. The normalized spacial score (nSPS) is 10.9. The Morgan fingerprint density at radius 1 is 1.19 bits per heavy atom. The van der Waals surface area contributed by atoms with Gasteiger partial charge in [0.25, 0.3) is 0 Å². The lowest BCUT2D eigenvalue weighted by atomic mass is 10.2. The van der Waals surface area contributed by atoms with E-state index in [1.807, 2.05) is 12.1 Å². The van der Waals surface area contributed by atoms with Gasteiger partial charge in [-0.25, -0.2) is 0 Å². The minimum absolute atomic E-state index is 0.0906. The van der Waals surface area contributed by atoms with Gasteiger partial charge in [0.2, 0.25) is 5.91 Å². The van der Waals surface area contributed by atoms with Crippen molar-refractivity contribution < 1.29 is 14.3 Å². The van der Waals surface area contributed by atoms with Gasteiger partial charge in [-0.15, -0.1) is 0 Å². The highest BCUT2D eigenvalue weighted by Gasteiger charge is 1.95. The highest BCUT2D eigenvalue weighted by molar-refractivity contribution is 5.91. The Morgan fingerprint density at radius 2 is 1.95 bits per heavy atom. The third kappa shape index (κ3) is 8.83. The summed E-state index contributed by atoms with van der Waals surface area (Å²) in [6.45, 7) is 2.58. The number of nitrogens with two attached hydrogens (primary N) is 1. The molecule has 0 unspecified atom stereocenters. The largest absolute Gasteiger partial charge is 0.399 e. The van der Waals surface area contributed by atoms with E-state index in [1.165, 1.54) is 6.08 Å². The number of methoxy groups -OCH3 is 1. The molecule has 0 fully saturated rings. The number of anilines is 1. The number of nitrogens with one attached hydrogen (secondary N) is 1. The molecule has 0 radical (unpaired) electrons. The Balaban J connectivity index is 2.07. The summed E-state index contributed by atoms with van der Waals surface area (Å²) < 4.78 is 10.2. The van der Waals surface area contributed by atoms with Gasteiger partial charge in [0, 0.05) is 32.0 Å². The SMILES string of the molecule is COCCOCCCCNC(=O)/C=C/c1ccc(N)cc1. The summed E-state index contributed by atoms with van der Waals surface area (Å²) in [5.41, 5.74) is 7.26. The van der Waals surface area contributed by atoms with Crippen molar-refractivity contribution in [1.82, 2.24) is 5.32 Å². The molecule has 5 heteroatoms. The number of carbonyl (C=O) groups is 1. The molecule has 0 heterocycles. The van der Waals surface area contributed by atoms with E-state index >= 15 is 0 Å². The van der Waals surface area contributed by atoms with Gasteiger partial charge in [-0.2, -0.15) is 0 Å². The van der Waals surface area contributed by atoms with Crippen molar-refractivity contribution in [2.24, 2.45) is 0 Å². The van der Waals surface area contributed by atoms with Crippen LogP contribution in [-0.2, 0) is 14.3 Å². The highest BCUT2D eigenvalue weighted by atomic mass is 16.5. The van der Waals surface area contributed by atoms with Crippen LogP contribution in [0.25, 0.3) is 6.08 Å². The summed E-state index contributed by atoms with van der Waals surface area (Å²) in [6, 6.07) is 7.36. The predicted octanol–water partition coefficient (Wildman–Crippen LogP) is 1.84. The number of amides is 1. The molecule has 0 bridgehead atoms. The molecule has 21 heavy (non-hydrogen) atoms. The quantitative estimate of drug-likeness (QED) is 0.392. The number of hydrogen-bond donors (Lipinski definition) is 2. The minimum atomic E-state index is -0.0906. The number of benzene rings is 1. The maximum atomic E-state index is 11.6. The average Bonchev–Trinajstić information content (AvgIpc) is 2.49. The monoisotopic (exact) mass is 292 g/mol. The van der Waals surface area contributed by atoms with Crippen molar-refractivity contribution in [2.75, 3.05) is 39.2 Å². The first kappa shape index (κ1) is 17.2. The summed E-state index contributed by atoms with van der Waals surface area (Å²) in [6.07, 6.45) is 5.11. The minimum Gasteiger partial charge on any atom is -0.399 e. The van der Waals surface area contributed by atoms with Crippen LogP contribution >= 0.6 is 0 Å². The van der Waals surface area contributed by atoms with Crippen LogP contribution in [0.15, 0.2) is 30.3 Å². The Hall–Kier alpha value is -1.85. The number of unbranched alkanes of at least 4 members (excludes halogenated alkanes) is 1. The topological polar surface area (TPSA) is 73.6 Å². The van der Waals surface area contributed by atoms with Crippen molar-refractivity contribution >= 4 is 17.7 Å². The molecule has 0 saturated heterocycles. The molecule has 0 aliphatic rings. The van der Waals surface area contributed by atoms with Crippen LogP contribution in [0.1, 0.15) is 18.4 Å². The molecule has 0 saturated carbocycles. The summed E-state index contributed by atoms with van der Waals surface area (Å²) in [5.74, 6) is -0.0906. The Kier molecular flexibility index (Phi) is 8.91. The number of carbonyl (C=O) groups excluding carboxylic acids is 1. The Labute approximate surface area is 126 Å². The molecule has 5 nitrogen and oxygen atoms in total. The van der Waals surface area contributed by atoms with Crippen LogP contribution in [-0.4, -0.2) is 39.4 Å². The lowest BCUT2D eigenvalue weighted by Gasteiger charge is -2.04. The molecule has 0 aromatic heterocycles. The number of ether oxygens (including phenoxy) is 2. The first-order valence-corrected chi connectivity index (χ1v) is 7.10. The predicted molar refractivity (Wildman–Crippen MR) is 84.8 cm³/mol. The second kappa shape index (κ2) is 10.9. The van der Waals surface area contributed by atoms with Crippen LogP contribution in [0, 0.1) is 0 Å². The third-order valence-electron chi connectivity index (χ3n) is 2.81. The van der Waals surface area contributed by atoms with E-state index in [0.717, 1.165) is 18.4 Å². The molecule has 1 amide bonds. The van der Waals surface area contributed by atoms with Crippen molar-refractivity contribution in [3.05, 3.63) is 35.9 Å². The fraction of sp³-hybridized carbons (Fsp3) is 0.438. The van der Waals surface area contributed by atoms with Crippen LogP contribution in [0.3, 0.4) is 0 Å². The molecule has 0 aliphatic carbocycles. The Morgan fingerprint density at radius 3 is 2.67 bits per heavy atom. The fourth-order valence-corrected chi connectivity index (χ4v) is 1.62. The molecule has 0 atom stereocenters. The van der Waals surface area contributed by atoms with Crippen molar-refractivity contribution in [2.45, 2.75) is 12.8 Å².